The zero-order valence-corrected chi connectivity index (χ0v) is 5.66. The number of rotatable bonds is 1. The number of carboxylic acid groups (broad SMARTS) is 1. The predicted octanol–water partition coefficient (Wildman–Crippen LogP) is 0.777. The van der Waals surface area contributed by atoms with Gasteiger partial charge in [0.2, 0.25) is 0 Å². The Hall–Kier alpha value is -0.544. The van der Waals surface area contributed by atoms with Crippen molar-refractivity contribution < 1.29 is 9.90 Å². The molecule has 0 aromatic heterocycles. The van der Waals surface area contributed by atoms with E-state index < -0.39 is 5.97 Å². The van der Waals surface area contributed by atoms with Gasteiger partial charge in [0.1, 0.15) is 0 Å². The molecule has 1 rings (SSSR count). The highest BCUT2D eigenvalue weighted by atomic mass is 24.3. The number of carboxylic acids is 1. The molecule has 0 fully saturated rings. The van der Waals surface area contributed by atoms with Crippen LogP contribution in [0.5, 0.6) is 0 Å². The van der Waals surface area contributed by atoms with Gasteiger partial charge in [0.05, 0.1) is 5.56 Å². The van der Waals surface area contributed by atoms with Crippen molar-refractivity contribution in [3.63, 3.8) is 0 Å². The van der Waals surface area contributed by atoms with E-state index in [1.54, 1.807) is 18.2 Å². The normalized spacial score (nSPS) is 8.45. The Labute approximate surface area is 81.4 Å². The predicted molar refractivity (Wildman–Crippen MR) is 46.7 cm³/mol. The van der Waals surface area contributed by atoms with Gasteiger partial charge in [-0.2, -0.15) is 0 Å². The Morgan fingerprint density at radius 1 is 1.45 bits per heavy atom. The van der Waals surface area contributed by atoms with E-state index in [4.69, 9.17) is 5.11 Å². The second-order valence-electron chi connectivity index (χ2n) is 2.17. The van der Waals surface area contributed by atoms with Crippen LogP contribution in [0.3, 0.4) is 0 Å². The molecule has 0 spiro atoms. The minimum atomic E-state index is -0.872. The zero-order chi connectivity index (χ0) is 7.56. The number of carbonyl (C=O) groups is 1. The van der Waals surface area contributed by atoms with Crippen molar-refractivity contribution in [2.24, 2.45) is 0 Å². The van der Waals surface area contributed by atoms with Crippen LogP contribution in [0.2, 0.25) is 0 Å². The molecule has 2 nitrogen and oxygen atoms in total. The average molecular weight is 162 g/mol. The molecule has 1 aromatic rings. The van der Waals surface area contributed by atoms with Crippen molar-refractivity contribution >= 4 is 29.0 Å². The van der Waals surface area contributed by atoms with E-state index >= 15 is 0 Å². The van der Waals surface area contributed by atoms with Crippen molar-refractivity contribution in [2.45, 2.75) is 6.92 Å². The Balaban J connectivity index is 0.000001000. The molecule has 0 unspecified atom stereocenters. The van der Waals surface area contributed by atoms with Crippen LogP contribution in [0, 0.1) is 6.92 Å². The first-order valence-corrected chi connectivity index (χ1v) is 3.00. The first-order chi connectivity index (χ1) is 4.70. The van der Waals surface area contributed by atoms with E-state index in [0.717, 1.165) is 5.56 Å². The number of hydrogen-bond acceptors (Lipinski definition) is 1. The summed E-state index contributed by atoms with van der Waals surface area (Å²) in [5, 5.41) is 8.51. The number of benzene rings is 1. The summed E-state index contributed by atoms with van der Waals surface area (Å²) in [6.07, 6.45) is 0. The molecular formula is C8H10MgO2. The Kier molecular flexibility index (Phi) is 4.14. The fourth-order valence-electron chi connectivity index (χ4n) is 0.778. The molecule has 11 heavy (non-hydrogen) atoms. The quantitative estimate of drug-likeness (QED) is 0.620. The molecule has 3 heteroatoms. The molecule has 0 aliphatic carbocycles. The monoisotopic (exact) mass is 162 g/mol. The lowest BCUT2D eigenvalue weighted by atomic mass is 10.1. The smallest absolute Gasteiger partial charge is 0.335 e. The Bertz CT molecular complexity index is 258. The molecular weight excluding hydrogens is 152 g/mol. The van der Waals surface area contributed by atoms with Crippen molar-refractivity contribution in [1.82, 2.24) is 0 Å². The summed E-state index contributed by atoms with van der Waals surface area (Å²) in [6, 6.07) is 6.82. The van der Waals surface area contributed by atoms with E-state index in [0.29, 0.717) is 5.56 Å². The lowest BCUT2D eigenvalue weighted by Gasteiger charge is -1.93. The molecule has 0 amide bonds. The van der Waals surface area contributed by atoms with E-state index in [1.165, 1.54) is 0 Å². The third-order valence-electron chi connectivity index (χ3n) is 1.27. The summed E-state index contributed by atoms with van der Waals surface area (Å²) in [5.41, 5.74) is 1.32. The largest absolute Gasteiger partial charge is 0.478 e. The van der Waals surface area contributed by atoms with Crippen LogP contribution < -0.4 is 0 Å². The minimum absolute atomic E-state index is 0. The molecule has 1 aromatic carbocycles. The van der Waals surface area contributed by atoms with Crippen LogP contribution >= 0.6 is 0 Å². The van der Waals surface area contributed by atoms with Gasteiger partial charge in [-0.1, -0.05) is 17.7 Å². The Morgan fingerprint density at radius 2 is 2.09 bits per heavy atom. The summed E-state index contributed by atoms with van der Waals surface area (Å²) < 4.78 is 0. The van der Waals surface area contributed by atoms with E-state index in [9.17, 15) is 4.79 Å². The van der Waals surface area contributed by atoms with Crippen molar-refractivity contribution in [2.75, 3.05) is 0 Å². The van der Waals surface area contributed by atoms with Crippen LogP contribution in [-0.2, 0) is 0 Å². The molecule has 56 valence electrons. The maximum absolute atomic E-state index is 10.4. The van der Waals surface area contributed by atoms with Gasteiger partial charge in [0.15, 0.2) is 0 Å². The highest BCUT2D eigenvalue weighted by molar-refractivity contribution is 5.87. The van der Waals surface area contributed by atoms with Crippen LogP contribution in [0.1, 0.15) is 15.9 Å². The van der Waals surface area contributed by atoms with Crippen molar-refractivity contribution in [3.8, 4) is 0 Å². The minimum Gasteiger partial charge on any atom is -0.478 e. The number of aromatic carboxylic acids is 1. The number of hydrogen-bond donors (Lipinski definition) is 1. The van der Waals surface area contributed by atoms with Gasteiger partial charge in [0, 0.05) is 0 Å². The van der Waals surface area contributed by atoms with Gasteiger partial charge in [0.25, 0.3) is 0 Å². The molecule has 1 N–H and O–H groups in total. The van der Waals surface area contributed by atoms with Crippen molar-refractivity contribution in [1.29, 1.82) is 0 Å². The second-order valence-corrected chi connectivity index (χ2v) is 2.17. The topological polar surface area (TPSA) is 37.3 Å². The third-order valence-corrected chi connectivity index (χ3v) is 1.27. The van der Waals surface area contributed by atoms with Crippen LogP contribution in [0.15, 0.2) is 24.3 Å². The maximum Gasteiger partial charge on any atom is 0.335 e. The summed E-state index contributed by atoms with van der Waals surface area (Å²) in [4.78, 5) is 10.4. The van der Waals surface area contributed by atoms with Crippen LogP contribution in [0.4, 0.5) is 0 Å². The SMILES string of the molecule is Cc1cccc(C(=O)O)c1.[MgH2]. The van der Waals surface area contributed by atoms with Gasteiger partial charge in [-0.3, -0.25) is 0 Å². The highest BCUT2D eigenvalue weighted by Crippen LogP contribution is 2.02. The van der Waals surface area contributed by atoms with Gasteiger partial charge < -0.3 is 5.11 Å². The van der Waals surface area contributed by atoms with Gasteiger partial charge >= 0.3 is 29.0 Å². The molecule has 0 saturated heterocycles. The highest BCUT2D eigenvalue weighted by Gasteiger charge is 1.99. The zero-order valence-electron chi connectivity index (χ0n) is 5.66. The second kappa shape index (κ2) is 4.36. The van der Waals surface area contributed by atoms with Gasteiger partial charge in [-0.25, -0.2) is 4.79 Å². The summed E-state index contributed by atoms with van der Waals surface area (Å²) in [6.45, 7) is 1.87. The molecule has 0 aliphatic rings. The fourth-order valence-corrected chi connectivity index (χ4v) is 0.778. The number of aryl methyl sites for hydroxylation is 1. The lowest BCUT2D eigenvalue weighted by molar-refractivity contribution is 0.0697. The first-order valence-electron chi connectivity index (χ1n) is 3.00. The van der Waals surface area contributed by atoms with E-state index in [-0.39, 0.29) is 23.1 Å². The van der Waals surface area contributed by atoms with Gasteiger partial charge in [-0.15, -0.1) is 0 Å². The molecule has 0 aliphatic heterocycles. The molecule has 0 atom stereocenters. The van der Waals surface area contributed by atoms with E-state index in [2.05, 4.69) is 0 Å². The third kappa shape index (κ3) is 2.90. The van der Waals surface area contributed by atoms with Crippen LogP contribution in [-0.4, -0.2) is 34.1 Å². The average Bonchev–Trinajstić information content (AvgIpc) is 1.88. The fraction of sp³-hybridized carbons (Fsp3) is 0.125. The lowest BCUT2D eigenvalue weighted by Crippen LogP contribution is -1.95. The summed E-state index contributed by atoms with van der Waals surface area (Å²) in [5.74, 6) is -0.872. The van der Waals surface area contributed by atoms with E-state index in [1.807, 2.05) is 13.0 Å². The van der Waals surface area contributed by atoms with Crippen LogP contribution in [0.25, 0.3) is 0 Å². The summed E-state index contributed by atoms with van der Waals surface area (Å²) >= 11 is 0. The molecule has 0 heterocycles. The van der Waals surface area contributed by atoms with Gasteiger partial charge in [-0.05, 0) is 19.1 Å². The molecule has 0 radical (unpaired) electrons. The first kappa shape index (κ1) is 10.5. The Morgan fingerprint density at radius 3 is 2.45 bits per heavy atom. The summed E-state index contributed by atoms with van der Waals surface area (Å²) in [7, 11) is 0. The molecule has 0 saturated carbocycles. The maximum atomic E-state index is 10.4. The molecule has 0 bridgehead atoms. The standard InChI is InChI=1S/C8H8O2.Mg.2H/c1-6-3-2-4-7(5-6)8(9)10;;;/h2-5H,1H3,(H,9,10);;;. The van der Waals surface area contributed by atoms with Crippen molar-refractivity contribution in [3.05, 3.63) is 35.4 Å².